The Bertz CT molecular complexity index is 1150. The van der Waals surface area contributed by atoms with E-state index in [0.29, 0.717) is 23.8 Å². The number of rotatable bonds is 8. The summed E-state index contributed by atoms with van der Waals surface area (Å²) in [5.74, 6) is 0.923. The van der Waals surface area contributed by atoms with Crippen molar-refractivity contribution in [2.24, 2.45) is 0 Å². The SMILES string of the molecule is CCOc1ccccc1C=CC(=O)Nc1ccc(S(=O)(=O)Nc2cc(C)on2)cc1. The molecule has 0 aliphatic rings. The summed E-state index contributed by atoms with van der Waals surface area (Å²) in [5, 5.41) is 6.29. The monoisotopic (exact) mass is 427 g/mol. The molecule has 0 spiro atoms. The fraction of sp³-hybridized carbons (Fsp3) is 0.143. The molecule has 3 aromatic rings. The Morgan fingerprint density at radius 2 is 1.90 bits per heavy atom. The van der Waals surface area contributed by atoms with Gasteiger partial charge in [0.15, 0.2) is 5.82 Å². The van der Waals surface area contributed by atoms with Crippen molar-refractivity contribution in [1.82, 2.24) is 5.16 Å². The molecule has 3 rings (SSSR count). The Balaban J connectivity index is 1.64. The van der Waals surface area contributed by atoms with Gasteiger partial charge in [0.1, 0.15) is 11.5 Å². The Hall–Kier alpha value is -3.59. The molecule has 1 aromatic heterocycles. The average Bonchev–Trinajstić information content (AvgIpc) is 3.12. The van der Waals surface area contributed by atoms with Crippen molar-refractivity contribution in [2.75, 3.05) is 16.6 Å². The Morgan fingerprint density at radius 1 is 1.17 bits per heavy atom. The fourth-order valence-electron chi connectivity index (χ4n) is 2.58. The number of para-hydroxylation sites is 1. The highest BCUT2D eigenvalue weighted by molar-refractivity contribution is 7.92. The lowest BCUT2D eigenvalue weighted by Crippen LogP contribution is -2.13. The molecule has 1 amide bonds. The van der Waals surface area contributed by atoms with Gasteiger partial charge in [-0.1, -0.05) is 23.4 Å². The number of hydrogen-bond acceptors (Lipinski definition) is 6. The molecule has 0 aliphatic heterocycles. The lowest BCUT2D eigenvalue weighted by atomic mass is 10.2. The first-order valence-corrected chi connectivity index (χ1v) is 10.6. The van der Waals surface area contributed by atoms with Gasteiger partial charge >= 0.3 is 0 Å². The number of nitrogens with zero attached hydrogens (tertiary/aromatic N) is 1. The van der Waals surface area contributed by atoms with Gasteiger partial charge in [0.25, 0.3) is 10.0 Å². The molecule has 156 valence electrons. The third kappa shape index (κ3) is 5.48. The minimum absolute atomic E-state index is 0.0299. The molecule has 9 heteroatoms. The van der Waals surface area contributed by atoms with Crippen LogP contribution < -0.4 is 14.8 Å². The van der Waals surface area contributed by atoms with Crippen molar-refractivity contribution < 1.29 is 22.5 Å². The molecular formula is C21H21N3O5S. The predicted molar refractivity (Wildman–Crippen MR) is 114 cm³/mol. The van der Waals surface area contributed by atoms with Crippen LogP contribution in [0.4, 0.5) is 11.5 Å². The molecule has 0 atom stereocenters. The van der Waals surface area contributed by atoms with E-state index in [4.69, 9.17) is 9.26 Å². The first-order chi connectivity index (χ1) is 14.4. The first kappa shape index (κ1) is 21.1. The van der Waals surface area contributed by atoms with Crippen LogP contribution in [0.25, 0.3) is 6.08 Å². The van der Waals surface area contributed by atoms with Gasteiger partial charge in [-0.25, -0.2) is 8.42 Å². The van der Waals surface area contributed by atoms with Gasteiger partial charge in [-0.05, 0) is 50.3 Å². The van der Waals surface area contributed by atoms with E-state index >= 15 is 0 Å². The molecule has 2 aromatic carbocycles. The topological polar surface area (TPSA) is 111 Å². The van der Waals surface area contributed by atoms with Crippen LogP contribution in [0.1, 0.15) is 18.2 Å². The van der Waals surface area contributed by atoms with E-state index in [0.717, 1.165) is 5.56 Å². The Morgan fingerprint density at radius 3 is 2.57 bits per heavy atom. The number of amides is 1. The molecule has 0 aliphatic carbocycles. The molecular weight excluding hydrogens is 406 g/mol. The summed E-state index contributed by atoms with van der Waals surface area (Å²) in [6.07, 6.45) is 3.04. The van der Waals surface area contributed by atoms with E-state index in [-0.39, 0.29) is 16.6 Å². The molecule has 0 fully saturated rings. The molecule has 2 N–H and O–H groups in total. The Kier molecular flexibility index (Phi) is 6.53. The van der Waals surface area contributed by atoms with Crippen LogP contribution in [0, 0.1) is 6.92 Å². The minimum atomic E-state index is -3.81. The van der Waals surface area contributed by atoms with E-state index in [2.05, 4.69) is 15.2 Å². The summed E-state index contributed by atoms with van der Waals surface area (Å²) >= 11 is 0. The van der Waals surface area contributed by atoms with Gasteiger partial charge in [-0.15, -0.1) is 0 Å². The number of hydrogen-bond donors (Lipinski definition) is 2. The van der Waals surface area contributed by atoms with Crippen LogP contribution in [0.2, 0.25) is 0 Å². The molecule has 0 unspecified atom stereocenters. The molecule has 30 heavy (non-hydrogen) atoms. The second-order valence-corrected chi connectivity index (χ2v) is 7.93. The van der Waals surface area contributed by atoms with Crippen molar-refractivity contribution in [2.45, 2.75) is 18.7 Å². The molecule has 0 saturated carbocycles. The molecule has 1 heterocycles. The Labute approximate surface area is 174 Å². The van der Waals surface area contributed by atoms with Crippen LogP contribution in [0.5, 0.6) is 5.75 Å². The quantitative estimate of drug-likeness (QED) is 0.529. The lowest BCUT2D eigenvalue weighted by Gasteiger charge is -2.07. The minimum Gasteiger partial charge on any atom is -0.493 e. The zero-order valence-corrected chi connectivity index (χ0v) is 17.3. The summed E-state index contributed by atoms with van der Waals surface area (Å²) in [6.45, 7) is 4.07. The lowest BCUT2D eigenvalue weighted by molar-refractivity contribution is -0.111. The van der Waals surface area contributed by atoms with Crippen molar-refractivity contribution in [3.05, 3.63) is 72.0 Å². The normalized spacial score (nSPS) is 11.4. The second-order valence-electron chi connectivity index (χ2n) is 6.25. The van der Waals surface area contributed by atoms with E-state index in [1.54, 1.807) is 13.0 Å². The number of nitrogens with one attached hydrogen (secondary N) is 2. The number of aromatic nitrogens is 1. The zero-order chi connectivity index (χ0) is 21.6. The first-order valence-electron chi connectivity index (χ1n) is 9.14. The van der Waals surface area contributed by atoms with Crippen LogP contribution in [0.15, 0.2) is 70.1 Å². The highest BCUT2D eigenvalue weighted by Gasteiger charge is 2.16. The van der Waals surface area contributed by atoms with Gasteiger partial charge in [-0.2, -0.15) is 0 Å². The summed E-state index contributed by atoms with van der Waals surface area (Å²) in [4.78, 5) is 12.2. The van der Waals surface area contributed by atoms with Gasteiger partial charge in [0.05, 0.1) is 11.5 Å². The number of sulfonamides is 1. The second kappa shape index (κ2) is 9.27. The van der Waals surface area contributed by atoms with Crippen LogP contribution in [-0.4, -0.2) is 26.1 Å². The third-order valence-corrected chi connectivity index (χ3v) is 5.30. The summed E-state index contributed by atoms with van der Waals surface area (Å²) in [7, 11) is -3.81. The van der Waals surface area contributed by atoms with Crippen molar-refractivity contribution in [3.63, 3.8) is 0 Å². The third-order valence-electron chi connectivity index (χ3n) is 3.93. The van der Waals surface area contributed by atoms with Crippen molar-refractivity contribution in [3.8, 4) is 5.75 Å². The number of carbonyl (C=O) groups excluding carboxylic acids is 1. The van der Waals surface area contributed by atoms with Gasteiger partial charge in [0, 0.05) is 23.4 Å². The zero-order valence-electron chi connectivity index (χ0n) is 16.5. The maximum absolute atomic E-state index is 12.4. The molecule has 0 radical (unpaired) electrons. The van der Waals surface area contributed by atoms with Gasteiger partial charge < -0.3 is 14.6 Å². The van der Waals surface area contributed by atoms with Crippen molar-refractivity contribution in [1.29, 1.82) is 0 Å². The fourth-order valence-corrected chi connectivity index (χ4v) is 3.57. The number of ether oxygens (including phenoxy) is 1. The molecule has 0 saturated heterocycles. The van der Waals surface area contributed by atoms with Crippen LogP contribution in [0.3, 0.4) is 0 Å². The maximum atomic E-state index is 12.4. The highest BCUT2D eigenvalue weighted by Crippen LogP contribution is 2.20. The maximum Gasteiger partial charge on any atom is 0.263 e. The van der Waals surface area contributed by atoms with E-state index in [9.17, 15) is 13.2 Å². The summed E-state index contributed by atoms with van der Waals surface area (Å²) in [5.41, 5.74) is 1.24. The van der Waals surface area contributed by atoms with Crippen LogP contribution >= 0.6 is 0 Å². The number of anilines is 2. The highest BCUT2D eigenvalue weighted by atomic mass is 32.2. The van der Waals surface area contributed by atoms with E-state index in [1.165, 1.54) is 36.4 Å². The van der Waals surface area contributed by atoms with Crippen molar-refractivity contribution >= 4 is 33.5 Å². The van der Waals surface area contributed by atoms with Gasteiger partial charge in [0.2, 0.25) is 5.91 Å². The van der Waals surface area contributed by atoms with E-state index in [1.807, 2.05) is 31.2 Å². The number of aryl methyl sites for hydroxylation is 1. The van der Waals surface area contributed by atoms with Crippen LogP contribution in [-0.2, 0) is 14.8 Å². The summed E-state index contributed by atoms with van der Waals surface area (Å²) in [6, 6.07) is 14.6. The molecule has 8 nitrogen and oxygen atoms in total. The number of benzene rings is 2. The largest absolute Gasteiger partial charge is 0.493 e. The summed E-state index contributed by atoms with van der Waals surface area (Å²) < 4.78 is 37.5. The smallest absolute Gasteiger partial charge is 0.263 e. The number of carbonyl (C=O) groups is 1. The van der Waals surface area contributed by atoms with Gasteiger partial charge in [-0.3, -0.25) is 9.52 Å². The molecule has 0 bridgehead atoms. The predicted octanol–water partition coefficient (Wildman–Crippen LogP) is 3.83. The standard InChI is InChI=1S/C21H21N3O5S/c1-3-28-19-7-5-4-6-16(19)8-13-21(25)22-17-9-11-18(12-10-17)30(26,27)24-20-14-15(2)29-23-20/h4-14H,3H2,1-2H3,(H,22,25)(H,23,24). The van der Waals surface area contributed by atoms with E-state index < -0.39 is 10.0 Å². The average molecular weight is 427 g/mol.